The summed E-state index contributed by atoms with van der Waals surface area (Å²) in [6, 6.07) is 5.82. The standard InChI is InChI=1S/C27H43N3O4S/c1-7-19(3)30(25(32)22(17-35)29-26(33)34-27(4,5)6)23(20-15-13-18(2)14-16-20)24(31)28-21-11-9-8-10-12-21/h13-16,19,21-23,35H,7-12,17H2,1-6H3,(H,28,31)(H,29,33). The largest absolute Gasteiger partial charge is 0.444 e. The highest BCUT2D eigenvalue weighted by Gasteiger charge is 2.38. The molecule has 0 saturated heterocycles. The van der Waals surface area contributed by atoms with E-state index in [1.807, 2.05) is 45.0 Å². The Kier molecular flexibility index (Phi) is 10.9. The highest BCUT2D eigenvalue weighted by atomic mass is 32.1. The summed E-state index contributed by atoms with van der Waals surface area (Å²) in [5.74, 6) is -0.468. The molecule has 3 unspecified atom stereocenters. The molecule has 8 heteroatoms. The molecule has 1 aromatic carbocycles. The summed E-state index contributed by atoms with van der Waals surface area (Å²) in [7, 11) is 0. The Balaban J connectivity index is 2.40. The number of carbonyl (C=O) groups is 3. The number of alkyl carbamates (subject to hydrolysis) is 1. The van der Waals surface area contributed by atoms with Crippen LogP contribution >= 0.6 is 12.6 Å². The van der Waals surface area contributed by atoms with Crippen molar-refractivity contribution in [3.63, 3.8) is 0 Å². The van der Waals surface area contributed by atoms with E-state index in [1.54, 1.807) is 25.7 Å². The van der Waals surface area contributed by atoms with Crippen LogP contribution in [0.1, 0.15) is 90.3 Å². The van der Waals surface area contributed by atoms with Crippen molar-refractivity contribution in [3.8, 4) is 0 Å². The fraction of sp³-hybridized carbons (Fsp3) is 0.667. The van der Waals surface area contributed by atoms with Crippen LogP contribution in [0.5, 0.6) is 0 Å². The summed E-state index contributed by atoms with van der Waals surface area (Å²) in [5.41, 5.74) is 1.11. The predicted molar refractivity (Wildman–Crippen MR) is 143 cm³/mol. The van der Waals surface area contributed by atoms with Gasteiger partial charge < -0.3 is 20.3 Å². The molecule has 0 spiro atoms. The molecular weight excluding hydrogens is 462 g/mol. The Morgan fingerprint density at radius 2 is 1.71 bits per heavy atom. The van der Waals surface area contributed by atoms with Gasteiger partial charge in [-0.3, -0.25) is 9.59 Å². The summed E-state index contributed by atoms with van der Waals surface area (Å²) in [5, 5.41) is 5.87. The van der Waals surface area contributed by atoms with Crippen molar-refractivity contribution in [2.45, 2.75) is 110 Å². The van der Waals surface area contributed by atoms with Crippen molar-refractivity contribution in [1.82, 2.24) is 15.5 Å². The van der Waals surface area contributed by atoms with Crippen molar-refractivity contribution in [3.05, 3.63) is 35.4 Å². The number of hydrogen-bond donors (Lipinski definition) is 3. The third-order valence-electron chi connectivity index (χ3n) is 6.36. The number of rotatable bonds is 9. The number of aryl methyl sites for hydroxylation is 1. The number of amides is 3. The first-order chi connectivity index (χ1) is 16.5. The molecule has 1 aromatic rings. The van der Waals surface area contributed by atoms with E-state index in [2.05, 4.69) is 23.3 Å². The average Bonchev–Trinajstić information content (AvgIpc) is 2.80. The van der Waals surface area contributed by atoms with Crippen molar-refractivity contribution in [2.24, 2.45) is 0 Å². The van der Waals surface area contributed by atoms with E-state index >= 15 is 0 Å². The second-order valence-corrected chi connectivity index (χ2v) is 10.9. The molecule has 2 N–H and O–H groups in total. The summed E-state index contributed by atoms with van der Waals surface area (Å²) < 4.78 is 5.36. The molecule has 1 saturated carbocycles. The zero-order valence-electron chi connectivity index (χ0n) is 22.1. The van der Waals surface area contributed by atoms with E-state index in [0.717, 1.165) is 36.8 Å². The lowest BCUT2D eigenvalue weighted by Gasteiger charge is -2.39. The lowest BCUT2D eigenvalue weighted by atomic mass is 9.94. The minimum Gasteiger partial charge on any atom is -0.444 e. The van der Waals surface area contributed by atoms with Gasteiger partial charge in [0.1, 0.15) is 17.7 Å². The average molecular weight is 506 g/mol. The van der Waals surface area contributed by atoms with E-state index in [-0.39, 0.29) is 29.7 Å². The Hall–Kier alpha value is -2.22. The first-order valence-corrected chi connectivity index (χ1v) is 13.4. The van der Waals surface area contributed by atoms with Gasteiger partial charge >= 0.3 is 6.09 Å². The molecule has 0 aromatic heterocycles. The second-order valence-electron chi connectivity index (χ2n) is 10.5. The van der Waals surface area contributed by atoms with Crippen LogP contribution in [0.15, 0.2) is 24.3 Å². The maximum atomic E-state index is 13.9. The fourth-order valence-corrected chi connectivity index (χ4v) is 4.57. The van der Waals surface area contributed by atoms with Gasteiger partial charge in [-0.05, 0) is 59.4 Å². The summed E-state index contributed by atoms with van der Waals surface area (Å²) in [4.78, 5) is 41.7. The van der Waals surface area contributed by atoms with Crippen LogP contribution < -0.4 is 10.6 Å². The Morgan fingerprint density at radius 1 is 1.11 bits per heavy atom. The molecule has 7 nitrogen and oxygen atoms in total. The van der Waals surface area contributed by atoms with Gasteiger partial charge in [0, 0.05) is 17.8 Å². The Morgan fingerprint density at radius 3 is 2.23 bits per heavy atom. The summed E-state index contributed by atoms with van der Waals surface area (Å²) in [6.45, 7) is 11.2. The number of ether oxygens (including phenoxy) is 1. The van der Waals surface area contributed by atoms with E-state index in [0.29, 0.717) is 6.42 Å². The topological polar surface area (TPSA) is 87.7 Å². The smallest absolute Gasteiger partial charge is 0.408 e. The van der Waals surface area contributed by atoms with Crippen LogP contribution in [0.2, 0.25) is 0 Å². The molecule has 2 rings (SSSR count). The highest BCUT2D eigenvalue weighted by Crippen LogP contribution is 2.28. The summed E-state index contributed by atoms with van der Waals surface area (Å²) >= 11 is 4.34. The molecule has 0 bridgehead atoms. The van der Waals surface area contributed by atoms with E-state index in [1.165, 1.54) is 6.42 Å². The van der Waals surface area contributed by atoms with Crippen LogP contribution in [0.3, 0.4) is 0 Å². The normalized spacial score (nSPS) is 17.1. The van der Waals surface area contributed by atoms with Crippen LogP contribution in [-0.2, 0) is 14.3 Å². The number of hydrogen-bond acceptors (Lipinski definition) is 5. The molecule has 0 radical (unpaired) electrons. The Bertz CT molecular complexity index is 847. The lowest BCUT2D eigenvalue weighted by Crippen LogP contribution is -2.56. The maximum absolute atomic E-state index is 13.9. The number of benzene rings is 1. The Labute approximate surface area is 216 Å². The van der Waals surface area contributed by atoms with Crippen molar-refractivity contribution in [2.75, 3.05) is 5.75 Å². The van der Waals surface area contributed by atoms with E-state index < -0.39 is 23.8 Å². The molecular formula is C27H43N3O4S. The second kappa shape index (κ2) is 13.2. The van der Waals surface area contributed by atoms with Crippen LogP contribution in [0, 0.1) is 6.92 Å². The van der Waals surface area contributed by atoms with Gasteiger partial charge in [0.25, 0.3) is 0 Å². The zero-order chi connectivity index (χ0) is 26.2. The lowest BCUT2D eigenvalue weighted by molar-refractivity contribution is -0.145. The first kappa shape index (κ1) is 29.0. The fourth-order valence-electron chi connectivity index (χ4n) is 4.32. The van der Waals surface area contributed by atoms with Gasteiger partial charge in [-0.25, -0.2) is 4.79 Å². The minimum absolute atomic E-state index is 0.0792. The summed E-state index contributed by atoms with van der Waals surface area (Å²) in [6.07, 6.45) is 5.23. The monoisotopic (exact) mass is 505 g/mol. The maximum Gasteiger partial charge on any atom is 0.408 e. The van der Waals surface area contributed by atoms with Gasteiger partial charge in [-0.1, -0.05) is 56.0 Å². The quantitative estimate of drug-likeness (QED) is 0.415. The molecule has 3 atom stereocenters. The zero-order valence-corrected chi connectivity index (χ0v) is 23.0. The van der Waals surface area contributed by atoms with E-state index in [4.69, 9.17) is 4.74 Å². The van der Waals surface area contributed by atoms with Crippen LogP contribution in [-0.4, -0.2) is 52.3 Å². The molecule has 1 aliphatic rings. The molecule has 1 fully saturated rings. The molecule has 0 aliphatic heterocycles. The molecule has 35 heavy (non-hydrogen) atoms. The van der Waals surface area contributed by atoms with Gasteiger partial charge in [0.05, 0.1) is 0 Å². The SMILES string of the molecule is CCC(C)N(C(=O)C(CS)NC(=O)OC(C)(C)C)C(C(=O)NC1CCCCC1)c1ccc(C)cc1. The third-order valence-corrected chi connectivity index (χ3v) is 6.73. The molecule has 0 heterocycles. The molecule has 3 amide bonds. The van der Waals surface area contributed by atoms with E-state index in [9.17, 15) is 14.4 Å². The van der Waals surface area contributed by atoms with Gasteiger partial charge in [-0.2, -0.15) is 12.6 Å². The van der Waals surface area contributed by atoms with Gasteiger partial charge in [0.2, 0.25) is 11.8 Å². The molecule has 1 aliphatic carbocycles. The van der Waals surface area contributed by atoms with Crippen molar-refractivity contribution < 1.29 is 19.1 Å². The van der Waals surface area contributed by atoms with Gasteiger partial charge in [-0.15, -0.1) is 0 Å². The van der Waals surface area contributed by atoms with Crippen molar-refractivity contribution in [1.29, 1.82) is 0 Å². The number of thiol groups is 1. The number of carbonyl (C=O) groups excluding carboxylic acids is 3. The number of nitrogens with zero attached hydrogens (tertiary/aromatic N) is 1. The number of nitrogens with one attached hydrogen (secondary N) is 2. The van der Waals surface area contributed by atoms with Crippen LogP contribution in [0.4, 0.5) is 4.79 Å². The van der Waals surface area contributed by atoms with Crippen molar-refractivity contribution >= 4 is 30.5 Å². The van der Waals surface area contributed by atoms with Crippen LogP contribution in [0.25, 0.3) is 0 Å². The minimum atomic E-state index is -0.933. The molecule has 196 valence electrons. The predicted octanol–water partition coefficient (Wildman–Crippen LogP) is 4.94. The highest BCUT2D eigenvalue weighted by molar-refractivity contribution is 7.80. The van der Waals surface area contributed by atoms with Gasteiger partial charge in [0.15, 0.2) is 0 Å². The first-order valence-electron chi connectivity index (χ1n) is 12.8. The third kappa shape index (κ3) is 8.74.